The van der Waals surface area contributed by atoms with Crippen LogP contribution in [0.2, 0.25) is 0 Å². The number of nitro groups is 1. The molecular formula is C18H16F3N3O2. The Morgan fingerprint density at radius 2 is 1.81 bits per heavy atom. The first-order chi connectivity index (χ1) is 12.1. The van der Waals surface area contributed by atoms with E-state index >= 15 is 0 Å². The minimum absolute atomic E-state index is 0.178. The number of rotatable bonds is 4. The van der Waals surface area contributed by atoms with E-state index in [1.807, 2.05) is 0 Å². The summed E-state index contributed by atoms with van der Waals surface area (Å²) in [5, 5.41) is 11.2. The highest BCUT2D eigenvalue weighted by atomic mass is 19.4. The van der Waals surface area contributed by atoms with Gasteiger partial charge >= 0.3 is 6.18 Å². The molecule has 2 heterocycles. The Bertz CT molecular complexity index is 960. The number of imidazole rings is 1. The number of hydrogen-bond acceptors (Lipinski definition) is 3. The zero-order valence-corrected chi connectivity index (χ0v) is 14.1. The lowest BCUT2D eigenvalue weighted by molar-refractivity contribution is -0.560. The van der Waals surface area contributed by atoms with Gasteiger partial charge in [-0.3, -0.25) is 10.1 Å². The first-order valence-corrected chi connectivity index (χ1v) is 7.87. The smallest absolute Gasteiger partial charge is 0.303 e. The molecule has 0 unspecified atom stereocenters. The standard InChI is InChI=1S/C18H16F3N3O2/c1-17(2,24(25)26)10-14-11-22-16-15(4-3-9-23(14)16)12-5-7-13(8-6-12)18(19,20)21/h3-9,11H,10H2,1-2H3. The molecule has 0 aliphatic rings. The van der Waals surface area contributed by atoms with E-state index < -0.39 is 17.3 Å². The maximum absolute atomic E-state index is 12.7. The number of alkyl halides is 3. The summed E-state index contributed by atoms with van der Waals surface area (Å²) in [7, 11) is 0. The van der Waals surface area contributed by atoms with Crippen LogP contribution in [0.4, 0.5) is 13.2 Å². The maximum atomic E-state index is 12.7. The summed E-state index contributed by atoms with van der Waals surface area (Å²) in [4.78, 5) is 15.2. The average Bonchev–Trinajstić information content (AvgIpc) is 2.96. The third-order valence-electron chi connectivity index (χ3n) is 4.24. The Labute approximate surface area is 147 Å². The molecule has 0 saturated carbocycles. The summed E-state index contributed by atoms with van der Waals surface area (Å²) in [6, 6.07) is 8.34. The summed E-state index contributed by atoms with van der Waals surface area (Å²) in [5.74, 6) is 0. The molecule has 0 N–H and O–H groups in total. The Balaban J connectivity index is 2.03. The largest absolute Gasteiger partial charge is 0.416 e. The molecule has 0 spiro atoms. The first-order valence-electron chi connectivity index (χ1n) is 7.87. The average molecular weight is 363 g/mol. The quantitative estimate of drug-likeness (QED) is 0.502. The molecule has 0 saturated heterocycles. The zero-order chi connectivity index (χ0) is 19.1. The Hall–Kier alpha value is -2.90. The molecule has 0 atom stereocenters. The molecule has 5 nitrogen and oxygen atoms in total. The zero-order valence-electron chi connectivity index (χ0n) is 14.1. The molecule has 26 heavy (non-hydrogen) atoms. The fraction of sp³-hybridized carbons (Fsp3) is 0.278. The second-order valence-corrected chi connectivity index (χ2v) is 6.69. The number of pyridine rings is 1. The van der Waals surface area contributed by atoms with Crippen LogP contribution in [0.1, 0.15) is 25.1 Å². The number of benzene rings is 1. The van der Waals surface area contributed by atoms with Crippen molar-refractivity contribution in [3.05, 3.63) is 70.2 Å². The van der Waals surface area contributed by atoms with E-state index in [4.69, 9.17) is 0 Å². The van der Waals surface area contributed by atoms with Gasteiger partial charge in [-0.2, -0.15) is 13.2 Å². The monoisotopic (exact) mass is 363 g/mol. The highest BCUT2D eigenvalue weighted by Gasteiger charge is 2.32. The van der Waals surface area contributed by atoms with Crippen LogP contribution in [-0.4, -0.2) is 19.8 Å². The molecule has 8 heteroatoms. The fourth-order valence-electron chi connectivity index (χ4n) is 2.76. The molecule has 3 rings (SSSR count). The van der Waals surface area contributed by atoms with Gasteiger partial charge in [-0.1, -0.05) is 12.1 Å². The molecule has 0 radical (unpaired) electrons. The summed E-state index contributed by atoms with van der Waals surface area (Å²) in [5.41, 5.74) is 0.586. The first kappa shape index (κ1) is 17.9. The van der Waals surface area contributed by atoms with Crippen molar-refractivity contribution in [2.75, 3.05) is 0 Å². The van der Waals surface area contributed by atoms with Crippen molar-refractivity contribution in [1.29, 1.82) is 0 Å². The van der Waals surface area contributed by atoms with Crippen LogP contribution < -0.4 is 0 Å². The van der Waals surface area contributed by atoms with Crippen LogP contribution in [0, 0.1) is 10.1 Å². The molecule has 0 aliphatic heterocycles. The van der Waals surface area contributed by atoms with Crippen LogP contribution in [0.15, 0.2) is 48.8 Å². The van der Waals surface area contributed by atoms with Gasteiger partial charge in [0, 0.05) is 42.4 Å². The van der Waals surface area contributed by atoms with Crippen molar-refractivity contribution in [3.63, 3.8) is 0 Å². The van der Waals surface area contributed by atoms with E-state index in [-0.39, 0.29) is 11.3 Å². The third kappa shape index (κ3) is 3.26. The molecule has 0 aliphatic carbocycles. The van der Waals surface area contributed by atoms with Crippen molar-refractivity contribution < 1.29 is 18.1 Å². The number of aromatic nitrogens is 2. The van der Waals surface area contributed by atoms with Crippen LogP contribution in [0.5, 0.6) is 0 Å². The highest BCUT2D eigenvalue weighted by Crippen LogP contribution is 2.32. The van der Waals surface area contributed by atoms with Crippen LogP contribution in [0.25, 0.3) is 16.8 Å². The second-order valence-electron chi connectivity index (χ2n) is 6.69. The van der Waals surface area contributed by atoms with E-state index in [1.165, 1.54) is 26.0 Å². The SMILES string of the molecule is CC(C)(Cc1cnc2c(-c3ccc(C(F)(F)F)cc3)cccn12)[N+](=O)[O-]. The van der Waals surface area contributed by atoms with Gasteiger partial charge in [-0.05, 0) is 29.8 Å². The van der Waals surface area contributed by atoms with Crippen LogP contribution >= 0.6 is 0 Å². The maximum Gasteiger partial charge on any atom is 0.416 e. The van der Waals surface area contributed by atoms with Gasteiger partial charge < -0.3 is 4.40 Å². The molecule has 2 aromatic heterocycles. The van der Waals surface area contributed by atoms with Crippen LogP contribution in [0.3, 0.4) is 0 Å². The molecule has 1 aromatic carbocycles. The third-order valence-corrected chi connectivity index (χ3v) is 4.24. The molecule has 136 valence electrons. The van der Waals surface area contributed by atoms with Gasteiger partial charge in [0.1, 0.15) is 5.65 Å². The molecule has 0 amide bonds. The fourth-order valence-corrected chi connectivity index (χ4v) is 2.76. The van der Waals surface area contributed by atoms with Gasteiger partial charge in [-0.25, -0.2) is 4.98 Å². The Morgan fingerprint density at radius 1 is 1.15 bits per heavy atom. The van der Waals surface area contributed by atoms with Crippen LogP contribution in [-0.2, 0) is 12.6 Å². The number of nitrogens with zero attached hydrogens (tertiary/aromatic N) is 3. The lowest BCUT2D eigenvalue weighted by Crippen LogP contribution is -2.33. The molecular weight excluding hydrogens is 347 g/mol. The summed E-state index contributed by atoms with van der Waals surface area (Å²) in [6.07, 6.45) is -0.911. The van der Waals surface area contributed by atoms with E-state index in [2.05, 4.69) is 4.98 Å². The van der Waals surface area contributed by atoms with Crippen molar-refractivity contribution in [2.45, 2.75) is 32.0 Å². The predicted octanol–water partition coefficient (Wildman–Crippen LogP) is 4.62. The van der Waals surface area contributed by atoms with Crippen molar-refractivity contribution in [2.24, 2.45) is 0 Å². The molecule has 0 bridgehead atoms. The Morgan fingerprint density at radius 3 is 2.38 bits per heavy atom. The number of halogens is 3. The number of fused-ring (bicyclic) bond motifs is 1. The van der Waals surface area contributed by atoms with Crippen molar-refractivity contribution in [1.82, 2.24) is 9.38 Å². The van der Waals surface area contributed by atoms with Gasteiger partial charge in [0.05, 0.1) is 12.0 Å². The van der Waals surface area contributed by atoms with Gasteiger partial charge in [0.2, 0.25) is 5.54 Å². The van der Waals surface area contributed by atoms with Crippen molar-refractivity contribution >= 4 is 5.65 Å². The lowest BCUT2D eigenvalue weighted by atomic mass is 10.00. The second kappa shape index (κ2) is 6.12. The van der Waals surface area contributed by atoms with Gasteiger partial charge in [0.25, 0.3) is 0 Å². The molecule has 3 aromatic rings. The topological polar surface area (TPSA) is 60.4 Å². The van der Waals surface area contributed by atoms with Gasteiger partial charge in [-0.15, -0.1) is 0 Å². The van der Waals surface area contributed by atoms with E-state index in [0.717, 1.165) is 12.1 Å². The Kier molecular flexibility index (Phi) is 4.21. The van der Waals surface area contributed by atoms with E-state index in [0.29, 0.717) is 22.5 Å². The lowest BCUT2D eigenvalue weighted by Gasteiger charge is -2.15. The normalized spacial score (nSPS) is 12.5. The van der Waals surface area contributed by atoms with Crippen molar-refractivity contribution in [3.8, 4) is 11.1 Å². The predicted molar refractivity (Wildman–Crippen MR) is 90.4 cm³/mol. The number of hydrogen-bond donors (Lipinski definition) is 0. The van der Waals surface area contributed by atoms with Gasteiger partial charge in [0.15, 0.2) is 0 Å². The summed E-state index contributed by atoms with van der Waals surface area (Å²) >= 11 is 0. The molecule has 0 fully saturated rings. The summed E-state index contributed by atoms with van der Waals surface area (Å²) in [6.45, 7) is 3.07. The summed E-state index contributed by atoms with van der Waals surface area (Å²) < 4.78 is 39.9. The minimum Gasteiger partial charge on any atom is -0.303 e. The van der Waals surface area contributed by atoms with E-state index in [1.54, 1.807) is 28.9 Å². The highest BCUT2D eigenvalue weighted by molar-refractivity contribution is 5.77. The minimum atomic E-state index is -4.39. The van der Waals surface area contributed by atoms with E-state index in [9.17, 15) is 23.3 Å².